The molecule has 0 spiro atoms. The number of nitrogens with one attached hydrogen (secondary N) is 2. The summed E-state index contributed by atoms with van der Waals surface area (Å²) in [6.07, 6.45) is 6.77. The summed E-state index contributed by atoms with van der Waals surface area (Å²) in [5, 5.41) is 6.36. The summed E-state index contributed by atoms with van der Waals surface area (Å²) in [5.41, 5.74) is 0.951. The maximum atomic E-state index is 12.4. The third kappa shape index (κ3) is 8.03. The Labute approximate surface area is 274 Å². The van der Waals surface area contributed by atoms with E-state index in [0.717, 1.165) is 36.5 Å². The fourth-order valence-corrected chi connectivity index (χ4v) is 5.72. The van der Waals surface area contributed by atoms with Gasteiger partial charge in [0.15, 0.2) is 0 Å². The SMILES string of the molecule is CC.CNCC[C@@H](C)Oc1ccc(Nc2ncc([C@]3(C)COC(C)(C)C[C@@H]3N(C)c3cccc(N4C(=O)OC[C@@H]4C)n3)cn2)cn1.[HH]. The quantitative estimate of drug-likeness (QED) is 0.259. The van der Waals surface area contributed by atoms with Crippen molar-refractivity contribution >= 4 is 29.4 Å². The first-order valence-corrected chi connectivity index (χ1v) is 16.2. The molecular weight excluding hydrogens is 584 g/mol. The van der Waals surface area contributed by atoms with Crippen LogP contribution in [-0.2, 0) is 14.9 Å². The van der Waals surface area contributed by atoms with Crippen LogP contribution in [0.3, 0.4) is 0 Å². The number of likely N-dealkylation sites (N-methyl/N-ethyl adjacent to an activating group) is 1. The van der Waals surface area contributed by atoms with Crippen molar-refractivity contribution in [2.75, 3.05) is 49.0 Å². The molecule has 0 aliphatic carbocycles. The zero-order valence-corrected chi connectivity index (χ0v) is 28.7. The molecule has 2 fully saturated rings. The highest BCUT2D eigenvalue weighted by atomic mass is 16.6. The molecule has 0 radical (unpaired) electrons. The van der Waals surface area contributed by atoms with E-state index in [4.69, 9.17) is 19.2 Å². The molecule has 0 saturated carbocycles. The third-order valence-electron chi connectivity index (χ3n) is 8.49. The van der Waals surface area contributed by atoms with Crippen LogP contribution in [0.4, 0.5) is 28.1 Å². The van der Waals surface area contributed by atoms with E-state index in [1.54, 1.807) is 11.1 Å². The van der Waals surface area contributed by atoms with Crippen molar-refractivity contribution in [3.05, 3.63) is 54.5 Å². The lowest BCUT2D eigenvalue weighted by Crippen LogP contribution is -2.58. The van der Waals surface area contributed by atoms with E-state index in [-0.39, 0.29) is 31.3 Å². The molecule has 2 N–H and O–H groups in total. The molecule has 4 atom stereocenters. The molecule has 3 aromatic rings. The number of aromatic nitrogens is 4. The van der Waals surface area contributed by atoms with E-state index in [0.29, 0.717) is 30.9 Å². The maximum absolute atomic E-state index is 12.4. The van der Waals surface area contributed by atoms with Gasteiger partial charge in [-0.05, 0) is 77.9 Å². The summed E-state index contributed by atoms with van der Waals surface area (Å²) in [6.45, 7) is 16.1. The zero-order valence-electron chi connectivity index (χ0n) is 28.7. The zero-order chi connectivity index (χ0) is 33.5. The second-order valence-corrected chi connectivity index (χ2v) is 12.6. The van der Waals surface area contributed by atoms with Crippen molar-refractivity contribution in [2.45, 2.75) is 90.5 Å². The van der Waals surface area contributed by atoms with Gasteiger partial charge in [0.1, 0.15) is 18.2 Å². The second kappa shape index (κ2) is 15.0. The lowest BCUT2D eigenvalue weighted by Gasteiger charge is -2.51. The Morgan fingerprint density at radius 1 is 1.13 bits per heavy atom. The molecule has 0 bridgehead atoms. The molecule has 0 unspecified atom stereocenters. The number of ether oxygens (including phenoxy) is 3. The molecule has 5 heterocycles. The number of hydrogen-bond acceptors (Lipinski definition) is 11. The van der Waals surface area contributed by atoms with E-state index in [1.165, 1.54) is 0 Å². The predicted molar refractivity (Wildman–Crippen MR) is 183 cm³/mol. The number of rotatable bonds is 11. The molecular formula is C34H52N8O4. The van der Waals surface area contributed by atoms with Crippen molar-refractivity contribution in [1.82, 2.24) is 25.3 Å². The molecule has 3 aromatic heterocycles. The van der Waals surface area contributed by atoms with Crippen LogP contribution in [0.25, 0.3) is 0 Å². The smallest absolute Gasteiger partial charge is 0.415 e. The Morgan fingerprint density at radius 3 is 2.50 bits per heavy atom. The molecule has 252 valence electrons. The molecule has 2 aliphatic rings. The topological polar surface area (TPSA) is 127 Å². The van der Waals surface area contributed by atoms with Gasteiger partial charge in [0, 0.05) is 38.4 Å². The van der Waals surface area contributed by atoms with Crippen molar-refractivity contribution in [1.29, 1.82) is 0 Å². The summed E-state index contributed by atoms with van der Waals surface area (Å²) in [5.74, 6) is 2.39. The number of carbonyl (C=O) groups is 1. The van der Waals surface area contributed by atoms with E-state index < -0.39 is 5.41 Å². The Kier molecular flexibility index (Phi) is 11.4. The molecule has 12 nitrogen and oxygen atoms in total. The molecule has 5 rings (SSSR count). The van der Waals surface area contributed by atoms with E-state index in [1.807, 2.05) is 84.5 Å². The molecule has 46 heavy (non-hydrogen) atoms. The highest BCUT2D eigenvalue weighted by Gasteiger charge is 2.48. The van der Waals surface area contributed by atoms with Crippen LogP contribution < -0.4 is 25.2 Å². The van der Waals surface area contributed by atoms with Gasteiger partial charge in [-0.25, -0.2) is 24.7 Å². The highest BCUT2D eigenvalue weighted by molar-refractivity contribution is 5.89. The van der Waals surface area contributed by atoms with E-state index in [9.17, 15) is 4.79 Å². The Hall–Kier alpha value is -4.03. The molecule has 2 aliphatic heterocycles. The average Bonchev–Trinajstić information content (AvgIpc) is 3.40. The van der Waals surface area contributed by atoms with Crippen LogP contribution in [-0.4, -0.2) is 83.7 Å². The summed E-state index contributed by atoms with van der Waals surface area (Å²) in [6, 6.07) is 9.40. The van der Waals surface area contributed by atoms with Gasteiger partial charge < -0.3 is 29.7 Å². The summed E-state index contributed by atoms with van der Waals surface area (Å²) in [4.78, 5) is 34.8. The normalized spacial score (nSPS) is 22.7. The minimum Gasteiger partial charge on any atom is -0.475 e. The summed E-state index contributed by atoms with van der Waals surface area (Å²) in [7, 11) is 3.97. The highest BCUT2D eigenvalue weighted by Crippen LogP contribution is 2.42. The van der Waals surface area contributed by atoms with Crippen LogP contribution in [0.15, 0.2) is 48.9 Å². The number of amides is 1. The molecule has 0 aromatic carbocycles. The molecule has 2 saturated heterocycles. The van der Waals surface area contributed by atoms with E-state index in [2.05, 4.69) is 51.3 Å². The fraction of sp³-hybridized carbons (Fsp3) is 0.559. The van der Waals surface area contributed by atoms with Crippen LogP contribution in [0.5, 0.6) is 5.88 Å². The van der Waals surface area contributed by atoms with Gasteiger partial charge in [-0.15, -0.1) is 0 Å². The average molecular weight is 637 g/mol. The van der Waals surface area contributed by atoms with Gasteiger partial charge in [-0.2, -0.15) is 0 Å². The fourth-order valence-electron chi connectivity index (χ4n) is 5.72. The maximum Gasteiger partial charge on any atom is 0.415 e. The van der Waals surface area contributed by atoms with Gasteiger partial charge in [-0.1, -0.05) is 26.8 Å². The second-order valence-electron chi connectivity index (χ2n) is 12.6. The standard InChI is InChI=1S/C32H44N8O4.C2H6.H2/c1-21-19-42-30(41)40(21)27-10-8-9-26(38-27)39(7)25-15-31(3,4)43-20-32(25,5)23-16-35-29(36-17-23)37-24-11-12-28(34-18-24)44-22(2)13-14-33-6;1-2;/h8-12,16-18,21-22,25,33H,13-15,19-20H2,1-7H3,(H,35,36,37);1-2H3;1H/t21-,22+,25-,32-;;/m0../s1. The number of pyridine rings is 2. The minimum absolute atomic E-state index is 0. The van der Waals surface area contributed by atoms with Crippen molar-refractivity contribution in [3.8, 4) is 5.88 Å². The Bertz CT molecular complexity index is 1430. The van der Waals surface area contributed by atoms with Crippen LogP contribution in [0.1, 0.15) is 68.3 Å². The number of nitrogens with zero attached hydrogens (tertiary/aromatic N) is 6. The van der Waals surface area contributed by atoms with Crippen molar-refractivity contribution in [3.63, 3.8) is 0 Å². The summed E-state index contributed by atoms with van der Waals surface area (Å²) >= 11 is 0. The largest absolute Gasteiger partial charge is 0.475 e. The first-order chi connectivity index (χ1) is 22.0. The van der Waals surface area contributed by atoms with Crippen LogP contribution in [0.2, 0.25) is 0 Å². The van der Waals surface area contributed by atoms with Crippen LogP contribution in [0, 0.1) is 0 Å². The Morgan fingerprint density at radius 2 is 1.87 bits per heavy atom. The molecule has 1 amide bonds. The van der Waals surface area contributed by atoms with Crippen molar-refractivity contribution < 1.29 is 20.4 Å². The third-order valence-corrected chi connectivity index (χ3v) is 8.49. The lowest BCUT2D eigenvalue weighted by atomic mass is 9.71. The monoisotopic (exact) mass is 636 g/mol. The summed E-state index contributed by atoms with van der Waals surface area (Å²) < 4.78 is 17.5. The van der Waals surface area contributed by atoms with Crippen molar-refractivity contribution in [2.24, 2.45) is 0 Å². The first-order valence-electron chi connectivity index (χ1n) is 16.2. The minimum atomic E-state index is -0.440. The number of hydrogen-bond donors (Lipinski definition) is 2. The predicted octanol–water partition coefficient (Wildman–Crippen LogP) is 5.97. The van der Waals surface area contributed by atoms with Gasteiger partial charge in [0.05, 0.1) is 36.2 Å². The number of carbonyl (C=O) groups excluding carboxylic acids is 1. The number of anilines is 4. The first kappa shape index (κ1) is 34.8. The van der Waals surface area contributed by atoms with Gasteiger partial charge >= 0.3 is 6.09 Å². The Balaban J connectivity index is 0.00000196. The van der Waals surface area contributed by atoms with Gasteiger partial charge in [-0.3, -0.25) is 4.90 Å². The van der Waals surface area contributed by atoms with Gasteiger partial charge in [0.2, 0.25) is 11.8 Å². The lowest BCUT2D eigenvalue weighted by molar-refractivity contribution is -0.0935. The van der Waals surface area contributed by atoms with E-state index >= 15 is 0 Å². The number of cyclic esters (lactones) is 1. The van der Waals surface area contributed by atoms with Gasteiger partial charge in [0.25, 0.3) is 0 Å². The molecule has 12 heteroatoms. The van der Waals surface area contributed by atoms with Crippen LogP contribution >= 0.6 is 0 Å².